The van der Waals surface area contributed by atoms with Crippen LogP contribution >= 0.6 is 0 Å². The van der Waals surface area contributed by atoms with Crippen LogP contribution in [0.4, 0.5) is 15.4 Å². The number of nitrogens with zero attached hydrogens (tertiary/aromatic N) is 3. The second kappa shape index (κ2) is 9.08. The topological polar surface area (TPSA) is 113 Å². The Labute approximate surface area is 168 Å². The van der Waals surface area contributed by atoms with E-state index in [1.54, 1.807) is 32.2 Å². The van der Waals surface area contributed by atoms with Gasteiger partial charge in [0, 0.05) is 0 Å². The molecule has 0 aliphatic carbocycles. The Bertz CT molecular complexity index is 866. The Morgan fingerprint density at radius 3 is 2.69 bits per heavy atom. The van der Waals surface area contributed by atoms with Crippen LogP contribution < -0.4 is 5.32 Å². The molecule has 158 valence electrons. The third kappa shape index (κ3) is 5.35. The van der Waals surface area contributed by atoms with E-state index in [0.29, 0.717) is 11.3 Å². The Kier molecular flexibility index (Phi) is 6.53. The monoisotopic (exact) mass is 406 g/mol. The van der Waals surface area contributed by atoms with E-state index in [-0.39, 0.29) is 31.0 Å². The van der Waals surface area contributed by atoms with Gasteiger partial charge in [0.25, 0.3) is 0 Å². The second-order valence-corrected chi connectivity index (χ2v) is 7.29. The van der Waals surface area contributed by atoms with Gasteiger partial charge in [-0.3, -0.25) is 5.32 Å². The van der Waals surface area contributed by atoms with E-state index < -0.39 is 12.2 Å². The van der Waals surface area contributed by atoms with E-state index in [0.717, 1.165) is 18.5 Å². The molecule has 1 saturated heterocycles. The third-order valence-corrected chi connectivity index (χ3v) is 4.20. The molecule has 29 heavy (non-hydrogen) atoms. The zero-order valence-corrected chi connectivity index (χ0v) is 17.0. The summed E-state index contributed by atoms with van der Waals surface area (Å²) in [4.78, 5) is 27.5. The van der Waals surface area contributed by atoms with Crippen LogP contribution in [0.3, 0.4) is 0 Å². The standard InChI is InChI=1S/C19H26N4O6/c1-11(2)27-18(24)22-17-15-7-6-14(23(15)21-10-20-17)16-8-5-13(29-16)9-26-19(25)28-12(3)4/h6-7,10-13,16H,5,8-9H2,1-4H3,(H,20,21,22,24). The average Bonchev–Trinajstić information content (AvgIpc) is 3.25. The Hall–Kier alpha value is -2.88. The van der Waals surface area contributed by atoms with Gasteiger partial charge in [-0.1, -0.05) is 0 Å². The van der Waals surface area contributed by atoms with E-state index in [1.165, 1.54) is 6.33 Å². The summed E-state index contributed by atoms with van der Waals surface area (Å²) in [5.74, 6) is 0.353. The molecule has 2 atom stereocenters. The van der Waals surface area contributed by atoms with Crippen molar-refractivity contribution in [2.45, 2.75) is 65.0 Å². The molecular formula is C19H26N4O6. The SMILES string of the molecule is CC(C)OC(=O)Nc1ncnn2c(C3CCC(COC(=O)OC(C)C)O3)ccc12. The van der Waals surface area contributed by atoms with Gasteiger partial charge in [0.15, 0.2) is 5.82 Å². The zero-order valence-electron chi connectivity index (χ0n) is 17.0. The number of ether oxygens (including phenoxy) is 4. The number of fused-ring (bicyclic) bond motifs is 1. The molecule has 0 spiro atoms. The van der Waals surface area contributed by atoms with E-state index in [2.05, 4.69) is 15.4 Å². The fourth-order valence-corrected chi connectivity index (χ4v) is 3.07. The Balaban J connectivity index is 1.64. The maximum Gasteiger partial charge on any atom is 0.508 e. The van der Waals surface area contributed by atoms with Gasteiger partial charge < -0.3 is 18.9 Å². The Morgan fingerprint density at radius 1 is 1.21 bits per heavy atom. The van der Waals surface area contributed by atoms with Crippen molar-refractivity contribution in [3.63, 3.8) is 0 Å². The molecule has 2 aromatic rings. The molecule has 1 aliphatic rings. The smallest absolute Gasteiger partial charge is 0.447 e. The molecule has 1 aliphatic heterocycles. The molecule has 10 heteroatoms. The van der Waals surface area contributed by atoms with Crippen LogP contribution in [-0.2, 0) is 18.9 Å². The van der Waals surface area contributed by atoms with Crippen LogP contribution in [-0.4, -0.2) is 51.8 Å². The van der Waals surface area contributed by atoms with Crippen molar-refractivity contribution in [3.05, 3.63) is 24.2 Å². The first-order valence-electron chi connectivity index (χ1n) is 9.62. The van der Waals surface area contributed by atoms with Gasteiger partial charge in [-0.05, 0) is 52.7 Å². The summed E-state index contributed by atoms with van der Waals surface area (Å²) in [5, 5.41) is 6.91. The minimum atomic E-state index is -0.697. The summed E-state index contributed by atoms with van der Waals surface area (Å²) >= 11 is 0. The second-order valence-electron chi connectivity index (χ2n) is 7.29. The van der Waals surface area contributed by atoms with Crippen LogP contribution in [0.25, 0.3) is 5.52 Å². The molecule has 2 aromatic heterocycles. The fourth-order valence-electron chi connectivity index (χ4n) is 3.07. The quantitative estimate of drug-likeness (QED) is 0.726. The minimum absolute atomic E-state index is 0.133. The van der Waals surface area contributed by atoms with Crippen molar-refractivity contribution in [1.82, 2.24) is 14.6 Å². The highest BCUT2D eigenvalue weighted by Gasteiger charge is 2.30. The van der Waals surface area contributed by atoms with Crippen molar-refractivity contribution in [2.24, 2.45) is 0 Å². The lowest BCUT2D eigenvalue weighted by Crippen LogP contribution is -2.21. The van der Waals surface area contributed by atoms with Crippen LogP contribution in [0.5, 0.6) is 0 Å². The molecule has 3 heterocycles. The molecule has 2 unspecified atom stereocenters. The summed E-state index contributed by atoms with van der Waals surface area (Å²) in [6.07, 6.45) is 0.682. The van der Waals surface area contributed by atoms with Crippen molar-refractivity contribution >= 4 is 23.6 Å². The van der Waals surface area contributed by atoms with E-state index >= 15 is 0 Å². The number of carbonyl (C=O) groups is 2. The molecule has 0 aromatic carbocycles. The van der Waals surface area contributed by atoms with Gasteiger partial charge >= 0.3 is 12.2 Å². The molecule has 1 fully saturated rings. The van der Waals surface area contributed by atoms with Crippen LogP contribution in [0.1, 0.15) is 52.3 Å². The highest BCUT2D eigenvalue weighted by atomic mass is 16.7. The number of anilines is 1. The molecule has 1 amide bonds. The molecule has 0 radical (unpaired) electrons. The first-order chi connectivity index (χ1) is 13.8. The lowest BCUT2D eigenvalue weighted by Gasteiger charge is -2.15. The maximum absolute atomic E-state index is 11.9. The number of rotatable bonds is 6. The fraction of sp³-hybridized carbons (Fsp3) is 0.579. The van der Waals surface area contributed by atoms with Gasteiger partial charge in [0.1, 0.15) is 24.6 Å². The number of nitrogens with one attached hydrogen (secondary N) is 1. The van der Waals surface area contributed by atoms with Gasteiger partial charge in [-0.2, -0.15) is 5.10 Å². The summed E-state index contributed by atoms with van der Waals surface area (Å²) in [7, 11) is 0. The summed E-state index contributed by atoms with van der Waals surface area (Å²) in [5.41, 5.74) is 1.46. The normalized spacial score (nSPS) is 19.0. The highest BCUT2D eigenvalue weighted by molar-refractivity contribution is 5.88. The number of amides is 1. The molecule has 3 rings (SSSR count). The lowest BCUT2D eigenvalue weighted by molar-refractivity contribution is -0.0236. The van der Waals surface area contributed by atoms with Crippen molar-refractivity contribution in [3.8, 4) is 0 Å². The van der Waals surface area contributed by atoms with Crippen molar-refractivity contribution in [1.29, 1.82) is 0 Å². The van der Waals surface area contributed by atoms with Crippen LogP contribution in [0.2, 0.25) is 0 Å². The average molecular weight is 406 g/mol. The molecule has 10 nitrogen and oxygen atoms in total. The number of hydrogen-bond acceptors (Lipinski definition) is 8. The molecule has 0 bridgehead atoms. The first-order valence-corrected chi connectivity index (χ1v) is 9.62. The Morgan fingerprint density at radius 2 is 1.97 bits per heavy atom. The van der Waals surface area contributed by atoms with Crippen molar-refractivity contribution < 1.29 is 28.5 Å². The lowest BCUT2D eigenvalue weighted by atomic mass is 10.1. The highest BCUT2D eigenvalue weighted by Crippen LogP contribution is 2.34. The predicted octanol–water partition coefficient (Wildman–Crippen LogP) is 3.47. The minimum Gasteiger partial charge on any atom is -0.447 e. The van der Waals surface area contributed by atoms with E-state index in [1.807, 2.05) is 12.1 Å². The first kappa shape index (κ1) is 20.8. The maximum atomic E-state index is 11.9. The molecular weight excluding hydrogens is 380 g/mol. The number of aromatic nitrogens is 3. The molecule has 1 N–H and O–H groups in total. The van der Waals surface area contributed by atoms with E-state index in [9.17, 15) is 9.59 Å². The van der Waals surface area contributed by atoms with Gasteiger partial charge in [0.2, 0.25) is 0 Å². The summed E-state index contributed by atoms with van der Waals surface area (Å²) < 4.78 is 22.9. The zero-order chi connectivity index (χ0) is 21.0. The number of hydrogen-bond donors (Lipinski definition) is 1. The third-order valence-electron chi connectivity index (χ3n) is 4.20. The summed E-state index contributed by atoms with van der Waals surface area (Å²) in [6, 6.07) is 3.69. The number of carbonyl (C=O) groups excluding carboxylic acids is 2. The van der Waals surface area contributed by atoms with Crippen molar-refractivity contribution in [2.75, 3.05) is 11.9 Å². The van der Waals surface area contributed by atoms with E-state index in [4.69, 9.17) is 18.9 Å². The summed E-state index contributed by atoms with van der Waals surface area (Å²) in [6.45, 7) is 7.19. The molecule has 0 saturated carbocycles. The largest absolute Gasteiger partial charge is 0.508 e. The van der Waals surface area contributed by atoms with Gasteiger partial charge in [0.05, 0.1) is 24.0 Å². The van der Waals surface area contributed by atoms with Gasteiger partial charge in [-0.25, -0.2) is 19.1 Å². The predicted molar refractivity (Wildman–Crippen MR) is 103 cm³/mol. The van der Waals surface area contributed by atoms with Crippen LogP contribution in [0.15, 0.2) is 18.5 Å². The van der Waals surface area contributed by atoms with Crippen LogP contribution in [0, 0.1) is 0 Å². The van der Waals surface area contributed by atoms with Gasteiger partial charge in [-0.15, -0.1) is 0 Å².